The first-order valence-electron chi connectivity index (χ1n) is 8.92. The molecule has 0 unspecified atom stereocenters. The van der Waals surface area contributed by atoms with E-state index < -0.39 is 12.0 Å². The molecule has 0 aliphatic carbocycles. The number of aromatic nitrogens is 1. The van der Waals surface area contributed by atoms with E-state index in [0.29, 0.717) is 23.0 Å². The number of esters is 1. The van der Waals surface area contributed by atoms with Crippen molar-refractivity contribution >= 4 is 17.9 Å². The number of hydrogen-bond acceptors (Lipinski definition) is 8. The van der Waals surface area contributed by atoms with Gasteiger partial charge in [-0.25, -0.2) is 4.79 Å². The molecule has 1 aromatic heterocycles. The van der Waals surface area contributed by atoms with Crippen molar-refractivity contribution in [1.29, 1.82) is 0 Å². The van der Waals surface area contributed by atoms with E-state index >= 15 is 0 Å². The Labute approximate surface area is 166 Å². The lowest BCUT2D eigenvalue weighted by Gasteiger charge is -2.25. The summed E-state index contributed by atoms with van der Waals surface area (Å²) >= 11 is 0. The molecule has 0 bridgehead atoms. The molecular weight excluding hydrogens is 382 g/mol. The number of hydrogen-bond donors (Lipinski definition) is 1. The van der Waals surface area contributed by atoms with Gasteiger partial charge >= 0.3 is 12.0 Å². The van der Waals surface area contributed by atoms with Crippen LogP contribution in [0.2, 0.25) is 0 Å². The minimum Gasteiger partial charge on any atom is -0.493 e. The van der Waals surface area contributed by atoms with Crippen LogP contribution in [0, 0.1) is 0 Å². The summed E-state index contributed by atoms with van der Waals surface area (Å²) in [5, 5.41) is 6.10. The molecule has 2 heterocycles. The summed E-state index contributed by atoms with van der Waals surface area (Å²) < 4.78 is 20.9. The Morgan fingerprint density at radius 1 is 1.21 bits per heavy atom. The van der Waals surface area contributed by atoms with Gasteiger partial charge in [0.05, 0.1) is 20.6 Å². The maximum absolute atomic E-state index is 11.9. The van der Waals surface area contributed by atoms with Crippen molar-refractivity contribution in [2.75, 3.05) is 27.3 Å². The van der Waals surface area contributed by atoms with Crippen LogP contribution in [0.25, 0.3) is 11.3 Å². The second kappa shape index (κ2) is 9.09. The molecule has 10 nitrogen and oxygen atoms in total. The second-order valence-electron chi connectivity index (χ2n) is 6.25. The molecule has 154 valence electrons. The smallest absolute Gasteiger partial charge is 0.324 e. The van der Waals surface area contributed by atoms with Crippen LogP contribution in [0.15, 0.2) is 28.8 Å². The van der Waals surface area contributed by atoms with E-state index in [9.17, 15) is 14.4 Å². The Bertz CT molecular complexity index is 909. The molecule has 29 heavy (non-hydrogen) atoms. The molecule has 10 heteroatoms. The largest absolute Gasteiger partial charge is 0.493 e. The van der Waals surface area contributed by atoms with Crippen LogP contribution in [-0.2, 0) is 20.9 Å². The molecule has 1 saturated heterocycles. The number of imide groups is 1. The monoisotopic (exact) mass is 403 g/mol. The fourth-order valence-corrected chi connectivity index (χ4v) is 2.77. The van der Waals surface area contributed by atoms with Gasteiger partial charge in [0.2, 0.25) is 5.91 Å². The summed E-state index contributed by atoms with van der Waals surface area (Å²) in [6.45, 7) is 0.407. The third kappa shape index (κ3) is 5.03. The Balaban J connectivity index is 1.51. The summed E-state index contributed by atoms with van der Waals surface area (Å²) in [5.74, 6) is 0.844. The van der Waals surface area contributed by atoms with Crippen LogP contribution in [0.3, 0.4) is 0 Å². The molecule has 0 radical (unpaired) electrons. The molecule has 1 aliphatic heterocycles. The minimum atomic E-state index is -0.495. The minimum absolute atomic E-state index is 0.0159. The Kier molecular flexibility index (Phi) is 6.32. The number of methoxy groups -OCH3 is 2. The summed E-state index contributed by atoms with van der Waals surface area (Å²) in [5.41, 5.74) is 1.18. The number of amides is 3. The maximum atomic E-state index is 11.9. The van der Waals surface area contributed by atoms with E-state index in [0.717, 1.165) is 5.56 Å². The van der Waals surface area contributed by atoms with Gasteiger partial charge in [-0.2, -0.15) is 0 Å². The molecule has 3 amide bonds. The quantitative estimate of drug-likeness (QED) is 0.662. The van der Waals surface area contributed by atoms with Gasteiger partial charge in [-0.05, 0) is 18.2 Å². The summed E-state index contributed by atoms with van der Waals surface area (Å²) in [4.78, 5) is 36.1. The van der Waals surface area contributed by atoms with Crippen LogP contribution in [0.5, 0.6) is 11.5 Å². The summed E-state index contributed by atoms with van der Waals surface area (Å²) in [7, 11) is 3.09. The number of urea groups is 1. The predicted octanol–water partition coefficient (Wildman–Crippen LogP) is 1.73. The van der Waals surface area contributed by atoms with Crippen molar-refractivity contribution in [1.82, 2.24) is 15.4 Å². The molecule has 1 N–H and O–H groups in total. The maximum Gasteiger partial charge on any atom is 0.324 e. The molecule has 3 rings (SSSR count). The van der Waals surface area contributed by atoms with Crippen LogP contribution in [0.4, 0.5) is 4.79 Å². The topological polar surface area (TPSA) is 120 Å². The Hall–Kier alpha value is -3.56. The highest BCUT2D eigenvalue weighted by Crippen LogP contribution is 2.32. The van der Waals surface area contributed by atoms with E-state index in [1.165, 1.54) is 12.0 Å². The summed E-state index contributed by atoms with van der Waals surface area (Å²) in [6.07, 6.45) is 0.237. The van der Waals surface area contributed by atoms with Crippen molar-refractivity contribution in [3.8, 4) is 22.8 Å². The first-order chi connectivity index (χ1) is 14.0. The fourth-order valence-electron chi connectivity index (χ4n) is 2.77. The van der Waals surface area contributed by atoms with E-state index in [-0.39, 0.29) is 38.4 Å². The highest BCUT2D eigenvalue weighted by molar-refractivity contribution is 5.96. The number of rotatable bonds is 8. The standard InChI is InChI=1S/C19H21N3O7/c1-26-14-4-3-12(9-16(14)27-2)15-10-13(21-29-15)11-28-18(24)6-8-22-7-5-17(23)20-19(22)25/h3-4,9-10H,5-8,11H2,1-2H3,(H,20,23,25). The van der Waals surface area contributed by atoms with Gasteiger partial charge in [0.15, 0.2) is 17.3 Å². The van der Waals surface area contributed by atoms with Gasteiger partial charge in [-0.15, -0.1) is 0 Å². The Morgan fingerprint density at radius 3 is 2.72 bits per heavy atom. The van der Waals surface area contributed by atoms with E-state index in [1.807, 2.05) is 0 Å². The molecule has 0 saturated carbocycles. The highest BCUT2D eigenvalue weighted by atomic mass is 16.5. The van der Waals surface area contributed by atoms with Gasteiger partial charge in [-0.1, -0.05) is 5.16 Å². The van der Waals surface area contributed by atoms with Crippen molar-refractivity contribution < 1.29 is 33.1 Å². The number of benzene rings is 1. The zero-order valence-corrected chi connectivity index (χ0v) is 16.1. The number of nitrogens with zero attached hydrogens (tertiary/aromatic N) is 2. The lowest BCUT2D eigenvalue weighted by Crippen LogP contribution is -2.49. The molecule has 1 fully saturated rings. The normalized spacial score (nSPS) is 13.8. The highest BCUT2D eigenvalue weighted by Gasteiger charge is 2.23. The number of carbonyl (C=O) groups is 3. The van der Waals surface area contributed by atoms with Gasteiger partial charge in [0, 0.05) is 31.1 Å². The van der Waals surface area contributed by atoms with Gasteiger partial charge in [0.25, 0.3) is 0 Å². The van der Waals surface area contributed by atoms with E-state index in [1.54, 1.807) is 31.4 Å². The molecule has 2 aromatic rings. The van der Waals surface area contributed by atoms with Crippen LogP contribution in [0.1, 0.15) is 18.5 Å². The molecular formula is C19H21N3O7. The fraction of sp³-hybridized carbons (Fsp3) is 0.368. The SMILES string of the molecule is COc1ccc(-c2cc(COC(=O)CCN3CCC(=O)NC3=O)no2)cc1OC. The van der Waals surface area contributed by atoms with Crippen LogP contribution in [-0.4, -0.2) is 55.3 Å². The zero-order chi connectivity index (χ0) is 20.8. The number of carbonyl (C=O) groups excluding carboxylic acids is 3. The lowest BCUT2D eigenvalue weighted by molar-refractivity contribution is -0.145. The molecule has 0 atom stereocenters. The van der Waals surface area contributed by atoms with Crippen molar-refractivity contribution in [2.24, 2.45) is 0 Å². The Morgan fingerprint density at radius 2 is 2.00 bits per heavy atom. The van der Waals surface area contributed by atoms with Crippen molar-refractivity contribution in [3.63, 3.8) is 0 Å². The van der Waals surface area contributed by atoms with Gasteiger partial charge in [-0.3, -0.25) is 14.9 Å². The first kappa shape index (κ1) is 20.2. The molecule has 1 aromatic carbocycles. The van der Waals surface area contributed by atoms with Gasteiger partial charge < -0.3 is 23.6 Å². The van der Waals surface area contributed by atoms with Gasteiger partial charge in [0.1, 0.15) is 12.3 Å². The first-order valence-corrected chi connectivity index (χ1v) is 8.92. The summed E-state index contributed by atoms with van der Waals surface area (Å²) in [6, 6.07) is 6.47. The van der Waals surface area contributed by atoms with Crippen molar-refractivity contribution in [3.05, 3.63) is 30.0 Å². The second-order valence-corrected chi connectivity index (χ2v) is 6.25. The number of ether oxygens (including phenoxy) is 3. The zero-order valence-electron chi connectivity index (χ0n) is 16.1. The molecule has 0 spiro atoms. The van der Waals surface area contributed by atoms with Crippen molar-refractivity contribution in [2.45, 2.75) is 19.4 Å². The van der Waals surface area contributed by atoms with Crippen LogP contribution < -0.4 is 14.8 Å². The molecule has 1 aliphatic rings. The van der Waals surface area contributed by atoms with Crippen LogP contribution >= 0.6 is 0 Å². The van der Waals surface area contributed by atoms with E-state index in [2.05, 4.69) is 10.5 Å². The average Bonchev–Trinajstić information content (AvgIpc) is 3.20. The predicted molar refractivity (Wildman–Crippen MR) is 99.2 cm³/mol. The third-order valence-corrected chi connectivity index (χ3v) is 4.34. The average molecular weight is 403 g/mol. The number of nitrogens with one attached hydrogen (secondary N) is 1. The third-order valence-electron chi connectivity index (χ3n) is 4.34. The van der Waals surface area contributed by atoms with E-state index in [4.69, 9.17) is 18.7 Å². The lowest BCUT2D eigenvalue weighted by atomic mass is 10.1.